The van der Waals surface area contributed by atoms with Crippen LogP contribution < -0.4 is 4.74 Å². The van der Waals surface area contributed by atoms with Gasteiger partial charge in [-0.25, -0.2) is 4.39 Å². The first kappa shape index (κ1) is 12.4. The predicted molar refractivity (Wildman–Crippen MR) is 62.9 cm³/mol. The second-order valence-corrected chi connectivity index (χ2v) is 5.04. The van der Waals surface area contributed by atoms with E-state index in [1.807, 2.05) is 0 Å². The summed E-state index contributed by atoms with van der Waals surface area (Å²) in [5, 5.41) is 18.1. The highest BCUT2D eigenvalue weighted by molar-refractivity contribution is 5.53. The summed E-state index contributed by atoms with van der Waals surface area (Å²) >= 11 is 0. The molecule has 2 unspecified atom stereocenters. The Morgan fingerprint density at radius 3 is 2.84 bits per heavy atom. The number of hydrogen-bond acceptors (Lipinski definition) is 3. The van der Waals surface area contributed by atoms with E-state index in [0.29, 0.717) is 31.4 Å². The molecule has 19 heavy (non-hydrogen) atoms. The quantitative estimate of drug-likeness (QED) is 0.834. The number of halogens is 2. The van der Waals surface area contributed by atoms with Crippen LogP contribution in [0.15, 0.2) is 0 Å². The number of ether oxygens (including phenoxy) is 1. The van der Waals surface area contributed by atoms with E-state index in [2.05, 4.69) is 0 Å². The third-order valence-electron chi connectivity index (χ3n) is 3.99. The zero-order valence-electron chi connectivity index (χ0n) is 10.2. The van der Waals surface area contributed by atoms with Gasteiger partial charge in [0.2, 0.25) is 5.82 Å². The summed E-state index contributed by atoms with van der Waals surface area (Å²) in [7, 11) is 0. The zero-order chi connectivity index (χ0) is 13.6. The molecule has 0 radical (unpaired) electrons. The predicted octanol–water partition coefficient (Wildman–Crippen LogP) is 2.20. The van der Waals surface area contributed by atoms with Crippen molar-refractivity contribution in [3.8, 4) is 11.8 Å². The molecule has 0 spiro atoms. The van der Waals surface area contributed by atoms with Gasteiger partial charge in [-0.2, -0.15) is 9.65 Å². The molecule has 0 saturated carbocycles. The third-order valence-corrected chi connectivity index (χ3v) is 3.99. The van der Waals surface area contributed by atoms with Gasteiger partial charge in [0.15, 0.2) is 11.6 Å². The van der Waals surface area contributed by atoms with Crippen molar-refractivity contribution >= 4 is 0 Å². The second kappa shape index (κ2) is 4.46. The Bertz CT molecular complexity index is 580. The van der Waals surface area contributed by atoms with Crippen LogP contribution in [0.25, 0.3) is 0 Å². The summed E-state index contributed by atoms with van der Waals surface area (Å²) in [6.07, 6.45) is 0.853. The minimum absolute atomic E-state index is 0.0228. The van der Waals surface area contributed by atoms with Crippen LogP contribution in [0.1, 0.15) is 35.4 Å². The minimum Gasteiger partial charge on any atom is -0.490 e. The standard InChI is InChI=1S/C14H13F2NO2/c15-12-9-2-1-7(5-8(18)6-17)11(9)10-3-4-19-14(10)13(12)16/h7-8,18H,1-5H2. The summed E-state index contributed by atoms with van der Waals surface area (Å²) in [5.74, 6) is -1.79. The van der Waals surface area contributed by atoms with Gasteiger partial charge in [-0.1, -0.05) is 0 Å². The average molecular weight is 265 g/mol. The lowest BCUT2D eigenvalue weighted by Crippen LogP contribution is -2.10. The van der Waals surface area contributed by atoms with Crippen LogP contribution in [-0.2, 0) is 12.8 Å². The van der Waals surface area contributed by atoms with E-state index in [1.54, 1.807) is 6.07 Å². The molecule has 0 aromatic heterocycles. The highest BCUT2D eigenvalue weighted by Gasteiger charge is 2.36. The van der Waals surface area contributed by atoms with Crippen molar-refractivity contribution in [1.82, 2.24) is 0 Å². The van der Waals surface area contributed by atoms with Crippen LogP contribution in [0.2, 0.25) is 0 Å². The third kappa shape index (κ3) is 1.79. The molecule has 1 N–H and O–H groups in total. The van der Waals surface area contributed by atoms with Gasteiger partial charge in [-0.15, -0.1) is 0 Å². The molecular formula is C14H13F2NO2. The highest BCUT2D eigenvalue weighted by atomic mass is 19.2. The van der Waals surface area contributed by atoms with Gasteiger partial charge in [0, 0.05) is 12.0 Å². The van der Waals surface area contributed by atoms with Crippen molar-refractivity contribution in [3.63, 3.8) is 0 Å². The monoisotopic (exact) mass is 265 g/mol. The van der Waals surface area contributed by atoms with Gasteiger partial charge in [0.25, 0.3) is 0 Å². The summed E-state index contributed by atoms with van der Waals surface area (Å²) < 4.78 is 33.0. The van der Waals surface area contributed by atoms with Crippen LogP contribution >= 0.6 is 0 Å². The molecule has 3 rings (SSSR count). The summed E-state index contributed by atoms with van der Waals surface area (Å²) in [6.45, 7) is 0.357. The molecule has 0 amide bonds. The molecule has 1 aliphatic heterocycles. The summed E-state index contributed by atoms with van der Waals surface area (Å²) in [4.78, 5) is 0. The summed E-state index contributed by atoms with van der Waals surface area (Å²) in [6, 6.07) is 1.77. The smallest absolute Gasteiger partial charge is 0.201 e. The maximum atomic E-state index is 14.0. The fourth-order valence-corrected chi connectivity index (χ4v) is 3.20. The van der Waals surface area contributed by atoms with Crippen molar-refractivity contribution in [1.29, 1.82) is 5.26 Å². The molecule has 1 heterocycles. The molecule has 1 aliphatic carbocycles. The molecule has 1 aromatic rings. The Kier molecular flexibility index (Phi) is 2.90. The first-order chi connectivity index (χ1) is 9.13. The van der Waals surface area contributed by atoms with E-state index in [9.17, 15) is 13.9 Å². The Morgan fingerprint density at radius 1 is 1.32 bits per heavy atom. The van der Waals surface area contributed by atoms with Crippen LogP contribution in [-0.4, -0.2) is 17.8 Å². The summed E-state index contributed by atoms with van der Waals surface area (Å²) in [5.41, 5.74) is 1.89. The number of rotatable bonds is 2. The van der Waals surface area contributed by atoms with Gasteiger partial charge >= 0.3 is 0 Å². The van der Waals surface area contributed by atoms with Crippen LogP contribution in [0.3, 0.4) is 0 Å². The lowest BCUT2D eigenvalue weighted by molar-refractivity contribution is 0.208. The van der Waals surface area contributed by atoms with Crippen molar-refractivity contribution in [3.05, 3.63) is 28.3 Å². The van der Waals surface area contributed by atoms with Gasteiger partial charge in [-0.05, 0) is 36.3 Å². The van der Waals surface area contributed by atoms with Crippen LogP contribution in [0.4, 0.5) is 8.78 Å². The number of hydrogen-bond donors (Lipinski definition) is 1. The molecule has 0 fully saturated rings. The van der Waals surface area contributed by atoms with Crippen LogP contribution in [0.5, 0.6) is 5.75 Å². The van der Waals surface area contributed by atoms with E-state index in [0.717, 1.165) is 11.1 Å². The maximum Gasteiger partial charge on any atom is 0.201 e. The molecule has 0 saturated heterocycles. The van der Waals surface area contributed by atoms with Gasteiger partial charge in [0.1, 0.15) is 6.10 Å². The van der Waals surface area contributed by atoms with Gasteiger partial charge in [-0.3, -0.25) is 0 Å². The molecule has 1 aromatic carbocycles. The van der Waals surface area contributed by atoms with E-state index >= 15 is 0 Å². The molecule has 0 bridgehead atoms. The fourth-order valence-electron chi connectivity index (χ4n) is 3.20. The van der Waals surface area contributed by atoms with Gasteiger partial charge in [0.05, 0.1) is 12.7 Å². The lowest BCUT2D eigenvalue weighted by Gasteiger charge is -2.16. The van der Waals surface area contributed by atoms with E-state index < -0.39 is 17.7 Å². The topological polar surface area (TPSA) is 53.2 Å². The average Bonchev–Trinajstić information content (AvgIpc) is 3.02. The van der Waals surface area contributed by atoms with Gasteiger partial charge < -0.3 is 9.84 Å². The molecule has 3 nitrogen and oxygen atoms in total. The fraction of sp³-hybridized carbons (Fsp3) is 0.500. The Labute approximate surface area is 109 Å². The SMILES string of the molecule is N#CC(O)CC1CCc2c(F)c(F)c3c(c21)CCO3. The number of benzene rings is 1. The molecule has 2 aliphatic rings. The zero-order valence-corrected chi connectivity index (χ0v) is 10.2. The Balaban J connectivity index is 2.08. The van der Waals surface area contributed by atoms with E-state index in [1.165, 1.54) is 0 Å². The molecule has 2 atom stereocenters. The second-order valence-electron chi connectivity index (χ2n) is 5.04. The molecular weight excluding hydrogens is 252 g/mol. The Hall–Kier alpha value is -1.67. The van der Waals surface area contributed by atoms with Crippen molar-refractivity contribution in [2.45, 2.75) is 37.7 Å². The minimum atomic E-state index is -1.07. The van der Waals surface area contributed by atoms with Crippen molar-refractivity contribution in [2.24, 2.45) is 0 Å². The number of aliphatic hydroxyl groups excluding tert-OH is 1. The number of fused-ring (bicyclic) bond motifs is 3. The van der Waals surface area contributed by atoms with Crippen molar-refractivity contribution < 1.29 is 18.6 Å². The highest BCUT2D eigenvalue weighted by Crippen LogP contribution is 2.46. The van der Waals surface area contributed by atoms with Crippen LogP contribution in [0, 0.1) is 23.0 Å². The van der Waals surface area contributed by atoms with E-state index in [4.69, 9.17) is 10.00 Å². The number of nitrogens with zero attached hydrogens (tertiary/aromatic N) is 1. The molecule has 100 valence electrons. The normalized spacial score (nSPS) is 21.5. The molecule has 5 heteroatoms. The number of nitriles is 1. The van der Waals surface area contributed by atoms with Crippen molar-refractivity contribution in [2.75, 3.05) is 6.61 Å². The first-order valence-corrected chi connectivity index (χ1v) is 6.36. The first-order valence-electron chi connectivity index (χ1n) is 6.36. The van der Waals surface area contributed by atoms with E-state index in [-0.39, 0.29) is 18.1 Å². The maximum absolute atomic E-state index is 14.0. The number of aliphatic hydroxyl groups is 1. The lowest BCUT2D eigenvalue weighted by atomic mass is 9.90. The Morgan fingerprint density at radius 2 is 2.11 bits per heavy atom. The largest absolute Gasteiger partial charge is 0.490 e.